The van der Waals surface area contributed by atoms with Gasteiger partial charge in [0.05, 0.1) is 6.21 Å². The summed E-state index contributed by atoms with van der Waals surface area (Å²) in [7, 11) is 0. The molecule has 3 aromatic rings. The van der Waals surface area contributed by atoms with Gasteiger partial charge in [-0.05, 0) is 48.1 Å². The van der Waals surface area contributed by atoms with Crippen molar-refractivity contribution in [3.63, 3.8) is 0 Å². The van der Waals surface area contributed by atoms with Gasteiger partial charge in [0.25, 0.3) is 0 Å². The Morgan fingerprint density at radius 1 is 1.24 bits per heavy atom. The van der Waals surface area contributed by atoms with Gasteiger partial charge in [-0.15, -0.1) is 0 Å². The zero-order valence-corrected chi connectivity index (χ0v) is 14.5. The maximum Gasteiger partial charge on any atom is 0.216 e. The maximum absolute atomic E-state index is 13.6. The first-order chi connectivity index (χ1) is 12.2. The first-order valence-corrected chi connectivity index (χ1v) is 8.25. The summed E-state index contributed by atoms with van der Waals surface area (Å²) < 4.78 is 21.2. The van der Waals surface area contributed by atoms with Crippen LogP contribution in [0.1, 0.15) is 23.9 Å². The summed E-state index contributed by atoms with van der Waals surface area (Å²) >= 11 is 5.15. The third-order valence-electron chi connectivity index (χ3n) is 3.59. The topological polar surface area (TPSA) is 55.2 Å². The van der Waals surface area contributed by atoms with E-state index in [1.165, 1.54) is 6.07 Å². The van der Waals surface area contributed by atoms with Crippen LogP contribution >= 0.6 is 12.2 Å². The van der Waals surface area contributed by atoms with Gasteiger partial charge in [-0.1, -0.05) is 25.1 Å². The molecule has 1 N–H and O–H groups in total. The summed E-state index contributed by atoms with van der Waals surface area (Å²) in [6.07, 6.45) is 2.43. The van der Waals surface area contributed by atoms with Crippen molar-refractivity contribution in [2.75, 3.05) is 0 Å². The predicted molar refractivity (Wildman–Crippen MR) is 97.0 cm³/mol. The van der Waals surface area contributed by atoms with E-state index in [1.54, 1.807) is 29.1 Å². The van der Waals surface area contributed by atoms with E-state index in [9.17, 15) is 4.39 Å². The molecule has 0 aliphatic heterocycles. The molecular formula is C18H17FN4OS. The molecule has 25 heavy (non-hydrogen) atoms. The van der Waals surface area contributed by atoms with Crippen LogP contribution in [-0.4, -0.2) is 21.1 Å². The second-order valence-electron chi connectivity index (χ2n) is 5.30. The highest BCUT2D eigenvalue weighted by Crippen LogP contribution is 2.15. The quantitative estimate of drug-likeness (QED) is 0.534. The van der Waals surface area contributed by atoms with Crippen LogP contribution in [0.5, 0.6) is 5.75 Å². The average Bonchev–Trinajstić information content (AvgIpc) is 3.00. The Kier molecular flexibility index (Phi) is 5.35. The number of benzene rings is 2. The number of H-pyrrole nitrogens is 1. The summed E-state index contributed by atoms with van der Waals surface area (Å²) in [4.78, 5) is 0. The molecule has 0 fully saturated rings. The zero-order chi connectivity index (χ0) is 17.6. The molecule has 0 amide bonds. The van der Waals surface area contributed by atoms with Crippen molar-refractivity contribution >= 4 is 18.4 Å². The fraction of sp³-hybridized carbons (Fsp3) is 0.167. The Balaban J connectivity index is 1.66. The van der Waals surface area contributed by atoms with Crippen molar-refractivity contribution in [2.45, 2.75) is 20.0 Å². The number of hydrogen-bond acceptors (Lipinski definition) is 4. The van der Waals surface area contributed by atoms with Crippen LogP contribution in [-0.2, 0) is 13.0 Å². The summed E-state index contributed by atoms with van der Waals surface area (Å²) in [6.45, 7) is 2.17. The van der Waals surface area contributed by atoms with E-state index in [1.807, 2.05) is 31.2 Å². The van der Waals surface area contributed by atoms with Gasteiger partial charge in [0.2, 0.25) is 4.77 Å². The molecule has 0 bridgehead atoms. The molecular weight excluding hydrogens is 339 g/mol. The van der Waals surface area contributed by atoms with Crippen molar-refractivity contribution in [3.8, 4) is 5.75 Å². The van der Waals surface area contributed by atoms with Crippen molar-refractivity contribution in [3.05, 3.63) is 76.1 Å². The largest absolute Gasteiger partial charge is 0.489 e. The van der Waals surface area contributed by atoms with E-state index in [0.717, 1.165) is 17.8 Å². The summed E-state index contributed by atoms with van der Waals surface area (Å²) in [5.41, 5.74) is 1.41. The van der Waals surface area contributed by atoms with Gasteiger partial charge in [-0.2, -0.15) is 14.9 Å². The first-order valence-electron chi connectivity index (χ1n) is 7.84. The van der Waals surface area contributed by atoms with E-state index in [2.05, 4.69) is 15.3 Å². The molecule has 0 aliphatic rings. The van der Waals surface area contributed by atoms with Gasteiger partial charge in [0.15, 0.2) is 5.82 Å². The standard InChI is InChI=1S/C18H17FN4OS/c1-2-17-21-22-18(25)23(17)20-11-13-7-9-15(10-8-13)24-12-14-5-3-4-6-16(14)19/h3-11H,2,12H2,1H3,(H,22,25)/b20-11+. The van der Waals surface area contributed by atoms with E-state index in [0.29, 0.717) is 16.1 Å². The van der Waals surface area contributed by atoms with Crippen LogP contribution < -0.4 is 4.74 Å². The molecule has 5 nitrogen and oxygen atoms in total. The molecule has 3 rings (SSSR count). The SMILES string of the molecule is CCc1n[nH]c(=S)n1/N=C/c1ccc(OCc2ccccc2F)cc1. The minimum absolute atomic E-state index is 0.185. The number of aromatic amines is 1. The molecule has 1 heterocycles. The van der Waals surface area contributed by atoms with Crippen molar-refractivity contribution in [2.24, 2.45) is 5.10 Å². The zero-order valence-electron chi connectivity index (χ0n) is 13.6. The highest BCUT2D eigenvalue weighted by atomic mass is 32.1. The highest BCUT2D eigenvalue weighted by molar-refractivity contribution is 7.71. The molecule has 128 valence electrons. The lowest BCUT2D eigenvalue weighted by atomic mass is 10.2. The smallest absolute Gasteiger partial charge is 0.216 e. The Bertz CT molecular complexity index is 931. The second kappa shape index (κ2) is 7.85. The Morgan fingerprint density at radius 2 is 2.00 bits per heavy atom. The number of nitrogens with zero attached hydrogens (tertiary/aromatic N) is 3. The van der Waals surface area contributed by atoms with Crippen LogP contribution in [0.2, 0.25) is 0 Å². The molecule has 7 heteroatoms. The molecule has 2 aromatic carbocycles. The number of aryl methyl sites for hydroxylation is 1. The van der Waals surface area contributed by atoms with E-state index in [-0.39, 0.29) is 12.4 Å². The summed E-state index contributed by atoms with van der Waals surface area (Å²) in [6, 6.07) is 13.9. The monoisotopic (exact) mass is 356 g/mol. The van der Waals surface area contributed by atoms with Crippen LogP contribution in [0.4, 0.5) is 4.39 Å². The van der Waals surface area contributed by atoms with E-state index in [4.69, 9.17) is 17.0 Å². The average molecular weight is 356 g/mol. The van der Waals surface area contributed by atoms with Crippen molar-refractivity contribution in [1.82, 2.24) is 14.9 Å². The minimum atomic E-state index is -0.269. The summed E-state index contributed by atoms with van der Waals surface area (Å²) in [5, 5.41) is 11.2. The number of rotatable bonds is 6. The number of halogens is 1. The molecule has 0 radical (unpaired) electrons. The van der Waals surface area contributed by atoms with Crippen LogP contribution in [0.15, 0.2) is 53.6 Å². The normalized spacial score (nSPS) is 11.1. The van der Waals surface area contributed by atoms with Gasteiger partial charge in [-0.25, -0.2) is 4.39 Å². The fourth-order valence-electron chi connectivity index (χ4n) is 2.22. The molecule has 0 saturated heterocycles. The lowest BCUT2D eigenvalue weighted by Crippen LogP contribution is -1.99. The maximum atomic E-state index is 13.6. The predicted octanol–water partition coefficient (Wildman–Crippen LogP) is 4.10. The number of aromatic nitrogens is 3. The van der Waals surface area contributed by atoms with Crippen LogP contribution in [0.3, 0.4) is 0 Å². The van der Waals surface area contributed by atoms with Gasteiger partial charge in [-0.3, -0.25) is 5.10 Å². The Morgan fingerprint density at radius 3 is 2.72 bits per heavy atom. The van der Waals surface area contributed by atoms with Gasteiger partial charge in [0, 0.05) is 12.0 Å². The third kappa shape index (κ3) is 4.19. The molecule has 0 spiro atoms. The molecule has 0 atom stereocenters. The molecule has 1 aromatic heterocycles. The van der Waals surface area contributed by atoms with E-state index >= 15 is 0 Å². The van der Waals surface area contributed by atoms with E-state index < -0.39 is 0 Å². The lowest BCUT2D eigenvalue weighted by molar-refractivity contribution is 0.300. The molecule has 0 saturated carbocycles. The molecule has 0 unspecified atom stereocenters. The first kappa shape index (κ1) is 17.0. The minimum Gasteiger partial charge on any atom is -0.489 e. The number of nitrogens with one attached hydrogen (secondary N) is 1. The second-order valence-corrected chi connectivity index (χ2v) is 5.69. The Labute approximate surface area is 149 Å². The fourth-order valence-corrected chi connectivity index (χ4v) is 2.42. The van der Waals surface area contributed by atoms with Gasteiger partial charge in [0.1, 0.15) is 18.2 Å². The van der Waals surface area contributed by atoms with Crippen LogP contribution in [0, 0.1) is 10.6 Å². The Hall–Kier alpha value is -2.80. The lowest BCUT2D eigenvalue weighted by Gasteiger charge is -2.07. The van der Waals surface area contributed by atoms with Crippen molar-refractivity contribution < 1.29 is 9.13 Å². The highest BCUT2D eigenvalue weighted by Gasteiger charge is 2.03. The number of ether oxygens (including phenoxy) is 1. The summed E-state index contributed by atoms with van der Waals surface area (Å²) in [5.74, 6) is 1.16. The van der Waals surface area contributed by atoms with Gasteiger partial charge < -0.3 is 4.74 Å². The number of hydrogen-bond donors (Lipinski definition) is 1. The third-order valence-corrected chi connectivity index (χ3v) is 3.85. The van der Waals surface area contributed by atoms with Gasteiger partial charge >= 0.3 is 0 Å². The van der Waals surface area contributed by atoms with Crippen LogP contribution in [0.25, 0.3) is 0 Å². The van der Waals surface area contributed by atoms with Crippen molar-refractivity contribution in [1.29, 1.82) is 0 Å². The molecule has 0 aliphatic carbocycles.